The number of fused-ring (bicyclic) bond motifs is 1. The van der Waals surface area contributed by atoms with Crippen molar-refractivity contribution >= 4 is 45.0 Å². The molecule has 0 radical (unpaired) electrons. The van der Waals surface area contributed by atoms with Crippen molar-refractivity contribution in [2.24, 2.45) is 0 Å². The van der Waals surface area contributed by atoms with Crippen molar-refractivity contribution in [3.05, 3.63) is 57.6 Å². The van der Waals surface area contributed by atoms with Gasteiger partial charge in [-0.3, -0.25) is 4.79 Å². The topological polar surface area (TPSA) is 101 Å². The zero-order chi connectivity index (χ0) is 21.7. The Morgan fingerprint density at radius 3 is 2.33 bits per heavy atom. The number of carboxylic acids is 1. The molecule has 0 bridgehead atoms. The molecule has 1 saturated heterocycles. The zero-order valence-electron chi connectivity index (χ0n) is 15.6. The molecule has 2 aliphatic rings. The van der Waals surface area contributed by atoms with Crippen LogP contribution in [0.2, 0.25) is 10.0 Å². The van der Waals surface area contributed by atoms with Crippen LogP contribution in [0.4, 0.5) is 0 Å². The molecule has 0 aromatic heterocycles. The summed E-state index contributed by atoms with van der Waals surface area (Å²) < 4.78 is 33.3. The molecule has 7 nitrogen and oxygen atoms in total. The van der Waals surface area contributed by atoms with Crippen molar-refractivity contribution in [2.45, 2.75) is 29.8 Å². The number of rotatable bonds is 3. The van der Waals surface area contributed by atoms with E-state index in [4.69, 9.17) is 33.0 Å². The van der Waals surface area contributed by atoms with Crippen molar-refractivity contribution in [1.82, 2.24) is 4.31 Å². The van der Waals surface area contributed by atoms with E-state index in [0.29, 0.717) is 23.4 Å². The SMILES string of the molecule is O=C(O)c1ccc(S(=O)(=O)N2CCC3(CC2)CC(=O)c2cc(Cl)cc(Cl)c2O3)cc1. The van der Waals surface area contributed by atoms with E-state index in [-0.39, 0.29) is 46.5 Å². The Morgan fingerprint density at radius 2 is 1.73 bits per heavy atom. The molecule has 30 heavy (non-hydrogen) atoms. The Hall–Kier alpha value is -2.13. The summed E-state index contributed by atoms with van der Waals surface area (Å²) in [5.74, 6) is -0.975. The van der Waals surface area contributed by atoms with Crippen LogP contribution in [0.15, 0.2) is 41.3 Å². The van der Waals surface area contributed by atoms with Gasteiger partial charge >= 0.3 is 5.97 Å². The number of carboxylic acid groups (broad SMARTS) is 1. The van der Waals surface area contributed by atoms with Gasteiger partial charge in [-0.15, -0.1) is 0 Å². The van der Waals surface area contributed by atoms with Crippen molar-refractivity contribution in [3.63, 3.8) is 0 Å². The van der Waals surface area contributed by atoms with Crippen molar-refractivity contribution in [2.75, 3.05) is 13.1 Å². The van der Waals surface area contributed by atoms with Gasteiger partial charge in [-0.1, -0.05) is 23.2 Å². The van der Waals surface area contributed by atoms with Crippen LogP contribution in [0.25, 0.3) is 0 Å². The fourth-order valence-electron chi connectivity index (χ4n) is 3.84. The molecule has 2 heterocycles. The van der Waals surface area contributed by atoms with Crippen molar-refractivity contribution in [3.8, 4) is 5.75 Å². The average molecular weight is 470 g/mol. The quantitative estimate of drug-likeness (QED) is 0.731. The van der Waals surface area contributed by atoms with E-state index in [0.717, 1.165) is 0 Å². The lowest BCUT2D eigenvalue weighted by molar-refractivity contribution is 0.00596. The third kappa shape index (κ3) is 3.69. The second-order valence-corrected chi connectivity index (χ2v) is 10.2. The van der Waals surface area contributed by atoms with E-state index < -0.39 is 21.6 Å². The molecule has 158 valence electrons. The summed E-state index contributed by atoms with van der Waals surface area (Å²) in [4.78, 5) is 23.7. The predicted octanol–water partition coefficient (Wildman–Crippen LogP) is 3.88. The molecule has 0 atom stereocenters. The Kier molecular flexibility index (Phi) is 5.30. The number of sulfonamides is 1. The van der Waals surface area contributed by atoms with Crippen LogP contribution in [0.1, 0.15) is 40.0 Å². The highest BCUT2D eigenvalue weighted by Crippen LogP contribution is 2.44. The van der Waals surface area contributed by atoms with Gasteiger partial charge < -0.3 is 9.84 Å². The number of nitrogens with zero attached hydrogens (tertiary/aromatic N) is 1. The fourth-order valence-corrected chi connectivity index (χ4v) is 5.82. The summed E-state index contributed by atoms with van der Waals surface area (Å²) in [6.07, 6.45) is 0.769. The van der Waals surface area contributed by atoms with E-state index in [9.17, 15) is 18.0 Å². The summed E-state index contributed by atoms with van der Waals surface area (Å²) in [5, 5.41) is 9.57. The van der Waals surface area contributed by atoms with Gasteiger partial charge in [0.05, 0.1) is 27.5 Å². The summed E-state index contributed by atoms with van der Waals surface area (Å²) in [6, 6.07) is 8.11. The van der Waals surface area contributed by atoms with Crippen LogP contribution < -0.4 is 4.74 Å². The van der Waals surface area contributed by atoms with Gasteiger partial charge in [0.1, 0.15) is 11.4 Å². The summed E-state index contributed by atoms with van der Waals surface area (Å²) in [6.45, 7) is 0.327. The molecule has 0 aliphatic carbocycles. The van der Waals surface area contributed by atoms with E-state index >= 15 is 0 Å². The highest BCUT2D eigenvalue weighted by molar-refractivity contribution is 7.89. The first kappa shape index (κ1) is 21.1. The van der Waals surface area contributed by atoms with Gasteiger partial charge in [0.15, 0.2) is 5.78 Å². The fraction of sp³-hybridized carbons (Fsp3) is 0.300. The number of hydrogen-bond donors (Lipinski definition) is 1. The number of carbonyl (C=O) groups is 2. The number of benzene rings is 2. The van der Waals surface area contributed by atoms with Crippen LogP contribution in [0.3, 0.4) is 0 Å². The van der Waals surface area contributed by atoms with E-state index in [2.05, 4.69) is 0 Å². The van der Waals surface area contributed by atoms with Gasteiger partial charge in [0.25, 0.3) is 0 Å². The number of hydrogen-bond acceptors (Lipinski definition) is 5. The minimum Gasteiger partial charge on any atom is -0.484 e. The Bertz CT molecular complexity index is 1140. The zero-order valence-corrected chi connectivity index (χ0v) is 17.9. The molecule has 4 rings (SSSR count). The molecule has 2 aliphatic heterocycles. The summed E-state index contributed by atoms with van der Waals surface area (Å²) in [7, 11) is -3.79. The van der Waals surface area contributed by atoms with E-state index in [1.165, 1.54) is 40.7 Å². The maximum Gasteiger partial charge on any atom is 0.335 e. The van der Waals surface area contributed by atoms with Crippen LogP contribution in [-0.4, -0.2) is 48.3 Å². The molecular weight excluding hydrogens is 453 g/mol. The Morgan fingerprint density at radius 1 is 1.10 bits per heavy atom. The van der Waals surface area contributed by atoms with Crippen molar-refractivity contribution in [1.29, 1.82) is 0 Å². The lowest BCUT2D eigenvalue weighted by Crippen LogP contribution is -2.52. The van der Waals surface area contributed by atoms with E-state index in [1.54, 1.807) is 0 Å². The van der Waals surface area contributed by atoms with Gasteiger partial charge in [-0.05, 0) is 36.4 Å². The molecule has 10 heteroatoms. The highest BCUT2D eigenvalue weighted by Gasteiger charge is 2.45. The van der Waals surface area contributed by atoms with Crippen LogP contribution in [0, 0.1) is 0 Å². The first-order chi connectivity index (χ1) is 14.1. The number of halogens is 2. The normalized spacial score (nSPS) is 18.7. The average Bonchev–Trinajstić information content (AvgIpc) is 2.69. The summed E-state index contributed by atoms with van der Waals surface area (Å²) in [5.41, 5.74) is -0.469. The number of ether oxygens (including phenoxy) is 1. The number of Topliss-reactive ketones (excluding diaryl/α,β-unsaturated/α-hetero) is 1. The molecule has 0 saturated carbocycles. The molecule has 1 spiro atoms. The first-order valence-corrected chi connectivity index (χ1v) is 11.4. The third-order valence-corrected chi connectivity index (χ3v) is 7.89. The highest BCUT2D eigenvalue weighted by atomic mass is 35.5. The largest absolute Gasteiger partial charge is 0.484 e. The maximum atomic E-state index is 12.9. The van der Waals surface area contributed by atoms with E-state index in [1.807, 2.05) is 0 Å². The van der Waals surface area contributed by atoms with Gasteiger partial charge in [-0.2, -0.15) is 4.31 Å². The third-order valence-electron chi connectivity index (χ3n) is 5.48. The molecule has 2 aromatic carbocycles. The number of carbonyl (C=O) groups excluding carboxylic acids is 1. The standard InChI is InChI=1S/C20H17Cl2NO6S/c21-13-9-15-17(24)11-20(29-18(15)16(22)10-13)5-7-23(8-6-20)30(27,28)14-3-1-12(2-4-14)19(25)26/h1-4,9-10H,5-8,11H2,(H,25,26). The van der Waals surface area contributed by atoms with Crippen LogP contribution in [-0.2, 0) is 10.0 Å². The van der Waals surface area contributed by atoms with Crippen molar-refractivity contribution < 1.29 is 27.9 Å². The molecule has 1 fully saturated rings. The monoisotopic (exact) mass is 469 g/mol. The Balaban J connectivity index is 1.53. The lowest BCUT2D eigenvalue weighted by Gasteiger charge is -2.43. The number of piperidine rings is 1. The number of aromatic carboxylic acids is 1. The lowest BCUT2D eigenvalue weighted by atomic mass is 9.83. The smallest absolute Gasteiger partial charge is 0.335 e. The molecule has 1 N–H and O–H groups in total. The molecule has 0 unspecified atom stereocenters. The second kappa shape index (κ2) is 7.53. The molecule has 2 aromatic rings. The van der Waals surface area contributed by atoms with Gasteiger partial charge in [0, 0.05) is 31.0 Å². The predicted molar refractivity (Wildman–Crippen MR) is 110 cm³/mol. The van der Waals surface area contributed by atoms with Gasteiger partial charge in [0.2, 0.25) is 10.0 Å². The molecule has 0 amide bonds. The summed E-state index contributed by atoms with van der Waals surface area (Å²) >= 11 is 12.2. The minimum absolute atomic E-state index is 0.0105. The van der Waals surface area contributed by atoms with Gasteiger partial charge in [-0.25, -0.2) is 13.2 Å². The first-order valence-electron chi connectivity index (χ1n) is 9.16. The maximum absolute atomic E-state index is 12.9. The number of ketones is 1. The van der Waals surface area contributed by atoms with Crippen LogP contribution >= 0.6 is 23.2 Å². The Labute approximate surface area is 183 Å². The minimum atomic E-state index is -3.79. The second-order valence-electron chi connectivity index (χ2n) is 7.38. The molecular formula is C20H17Cl2NO6S. The van der Waals surface area contributed by atoms with Crippen LogP contribution in [0.5, 0.6) is 5.75 Å².